The molecule has 0 aliphatic carbocycles. The van der Waals surface area contributed by atoms with Gasteiger partial charge in [-0.1, -0.05) is 11.6 Å². The molecule has 1 rings (SSSR count). The number of methoxy groups -OCH3 is 1. The van der Waals surface area contributed by atoms with Crippen molar-refractivity contribution in [2.45, 2.75) is 0 Å². The zero-order chi connectivity index (χ0) is 10.7. The number of esters is 1. The standard InChI is InChI=1S/C9H6BrClO3/c1-14-9(13)6-2-5(4-12)3-7(11)8(6)10/h2-4H,1H3. The lowest BCUT2D eigenvalue weighted by molar-refractivity contribution is 0.0599. The van der Waals surface area contributed by atoms with Crippen LogP contribution >= 0.6 is 27.5 Å². The van der Waals surface area contributed by atoms with Crippen LogP contribution < -0.4 is 0 Å². The van der Waals surface area contributed by atoms with Gasteiger partial charge in [0, 0.05) is 5.56 Å². The first kappa shape index (κ1) is 11.2. The number of carbonyl (C=O) groups is 2. The molecule has 0 saturated carbocycles. The molecule has 0 saturated heterocycles. The fraction of sp³-hybridized carbons (Fsp3) is 0.111. The Morgan fingerprint density at radius 3 is 2.71 bits per heavy atom. The van der Waals surface area contributed by atoms with Gasteiger partial charge in [-0.3, -0.25) is 4.79 Å². The lowest BCUT2D eigenvalue weighted by Crippen LogP contribution is -2.03. The van der Waals surface area contributed by atoms with Crippen LogP contribution in [-0.4, -0.2) is 19.4 Å². The maximum Gasteiger partial charge on any atom is 0.339 e. The molecule has 74 valence electrons. The first-order valence-electron chi connectivity index (χ1n) is 3.62. The Bertz CT molecular complexity index is 390. The molecule has 0 heterocycles. The second-order valence-electron chi connectivity index (χ2n) is 2.47. The molecule has 0 aromatic heterocycles. The summed E-state index contributed by atoms with van der Waals surface area (Å²) < 4.78 is 4.96. The van der Waals surface area contributed by atoms with E-state index in [0.29, 0.717) is 21.3 Å². The maximum absolute atomic E-state index is 11.2. The molecule has 1 aromatic rings. The third-order valence-electron chi connectivity index (χ3n) is 1.59. The predicted octanol–water partition coefficient (Wildman–Crippen LogP) is 2.70. The monoisotopic (exact) mass is 276 g/mol. The van der Waals surface area contributed by atoms with Crippen molar-refractivity contribution < 1.29 is 14.3 Å². The van der Waals surface area contributed by atoms with Crippen molar-refractivity contribution >= 4 is 39.8 Å². The Morgan fingerprint density at radius 2 is 2.21 bits per heavy atom. The minimum Gasteiger partial charge on any atom is -0.465 e. The number of benzene rings is 1. The molecular weight excluding hydrogens is 271 g/mol. The first-order chi connectivity index (χ1) is 6.60. The van der Waals surface area contributed by atoms with Crippen molar-refractivity contribution in [3.63, 3.8) is 0 Å². The molecule has 0 amide bonds. The summed E-state index contributed by atoms with van der Waals surface area (Å²) in [6.45, 7) is 0. The van der Waals surface area contributed by atoms with E-state index in [1.165, 1.54) is 19.2 Å². The molecule has 0 atom stereocenters. The molecule has 0 spiro atoms. The van der Waals surface area contributed by atoms with Crippen LogP contribution in [0, 0.1) is 0 Å². The normalized spacial score (nSPS) is 9.64. The molecule has 1 aromatic carbocycles. The molecular formula is C9H6BrClO3. The van der Waals surface area contributed by atoms with Crippen molar-refractivity contribution in [3.05, 3.63) is 32.8 Å². The lowest BCUT2D eigenvalue weighted by Gasteiger charge is -2.04. The summed E-state index contributed by atoms with van der Waals surface area (Å²) in [7, 11) is 1.26. The average molecular weight is 278 g/mol. The Labute approximate surface area is 94.1 Å². The van der Waals surface area contributed by atoms with E-state index in [1.807, 2.05) is 0 Å². The number of carbonyl (C=O) groups excluding carboxylic acids is 2. The van der Waals surface area contributed by atoms with Gasteiger partial charge in [-0.15, -0.1) is 0 Å². The van der Waals surface area contributed by atoms with E-state index < -0.39 is 5.97 Å². The summed E-state index contributed by atoms with van der Waals surface area (Å²) in [6.07, 6.45) is 0.616. The quantitative estimate of drug-likeness (QED) is 0.616. The topological polar surface area (TPSA) is 43.4 Å². The molecule has 0 radical (unpaired) electrons. The van der Waals surface area contributed by atoms with Gasteiger partial charge in [-0.2, -0.15) is 0 Å². The van der Waals surface area contributed by atoms with Crippen LogP contribution in [0.4, 0.5) is 0 Å². The molecule has 0 aliphatic heterocycles. The Balaban J connectivity index is 3.33. The zero-order valence-electron chi connectivity index (χ0n) is 7.21. The number of hydrogen-bond donors (Lipinski definition) is 0. The molecule has 0 N–H and O–H groups in total. The number of hydrogen-bond acceptors (Lipinski definition) is 3. The van der Waals surface area contributed by atoms with Crippen LogP contribution in [0.2, 0.25) is 5.02 Å². The largest absolute Gasteiger partial charge is 0.465 e. The van der Waals surface area contributed by atoms with Crippen molar-refractivity contribution in [2.75, 3.05) is 7.11 Å². The zero-order valence-corrected chi connectivity index (χ0v) is 9.55. The molecule has 0 bridgehead atoms. The summed E-state index contributed by atoms with van der Waals surface area (Å²) in [5.74, 6) is -0.539. The Morgan fingerprint density at radius 1 is 1.57 bits per heavy atom. The van der Waals surface area contributed by atoms with Gasteiger partial charge in [0.2, 0.25) is 0 Å². The van der Waals surface area contributed by atoms with Crippen molar-refractivity contribution in [3.8, 4) is 0 Å². The van der Waals surface area contributed by atoms with E-state index in [1.54, 1.807) is 0 Å². The molecule has 5 heteroatoms. The summed E-state index contributed by atoms with van der Waals surface area (Å²) in [4.78, 5) is 21.7. The van der Waals surface area contributed by atoms with Gasteiger partial charge < -0.3 is 4.74 Å². The van der Waals surface area contributed by atoms with Crippen LogP contribution in [0.5, 0.6) is 0 Å². The van der Waals surface area contributed by atoms with E-state index in [2.05, 4.69) is 20.7 Å². The molecule has 0 fully saturated rings. The second kappa shape index (κ2) is 4.57. The number of ether oxygens (including phenoxy) is 1. The number of rotatable bonds is 2. The van der Waals surface area contributed by atoms with Gasteiger partial charge in [0.15, 0.2) is 0 Å². The van der Waals surface area contributed by atoms with Crippen LogP contribution in [0.15, 0.2) is 16.6 Å². The third-order valence-corrected chi connectivity index (χ3v) is 2.97. The van der Waals surface area contributed by atoms with Gasteiger partial charge in [-0.25, -0.2) is 4.79 Å². The van der Waals surface area contributed by atoms with E-state index in [9.17, 15) is 9.59 Å². The van der Waals surface area contributed by atoms with Crippen LogP contribution in [0.1, 0.15) is 20.7 Å². The maximum atomic E-state index is 11.2. The van der Waals surface area contributed by atoms with Gasteiger partial charge in [0.25, 0.3) is 0 Å². The molecule has 0 unspecified atom stereocenters. The van der Waals surface area contributed by atoms with Crippen molar-refractivity contribution in [1.82, 2.24) is 0 Å². The first-order valence-corrected chi connectivity index (χ1v) is 4.79. The predicted molar refractivity (Wildman–Crippen MR) is 55.9 cm³/mol. The smallest absolute Gasteiger partial charge is 0.339 e. The second-order valence-corrected chi connectivity index (χ2v) is 3.67. The molecule has 14 heavy (non-hydrogen) atoms. The summed E-state index contributed by atoms with van der Waals surface area (Å²) in [5.41, 5.74) is 0.570. The fourth-order valence-electron chi connectivity index (χ4n) is 0.937. The summed E-state index contributed by atoms with van der Waals surface area (Å²) in [6, 6.07) is 2.87. The highest BCUT2D eigenvalue weighted by Crippen LogP contribution is 2.28. The van der Waals surface area contributed by atoms with Gasteiger partial charge in [-0.05, 0) is 28.1 Å². The highest BCUT2D eigenvalue weighted by atomic mass is 79.9. The third kappa shape index (κ3) is 2.13. The lowest BCUT2D eigenvalue weighted by atomic mass is 10.1. The van der Waals surface area contributed by atoms with Crippen LogP contribution in [0.25, 0.3) is 0 Å². The van der Waals surface area contributed by atoms with Crippen LogP contribution in [0.3, 0.4) is 0 Å². The number of aldehydes is 1. The number of halogens is 2. The fourth-order valence-corrected chi connectivity index (χ4v) is 1.56. The summed E-state index contributed by atoms with van der Waals surface area (Å²) in [5, 5.41) is 0.301. The van der Waals surface area contributed by atoms with Crippen LogP contribution in [-0.2, 0) is 4.74 Å². The van der Waals surface area contributed by atoms with E-state index in [-0.39, 0.29) is 5.56 Å². The summed E-state index contributed by atoms with van der Waals surface area (Å²) >= 11 is 8.92. The molecule has 0 aliphatic rings. The van der Waals surface area contributed by atoms with E-state index in [0.717, 1.165) is 0 Å². The van der Waals surface area contributed by atoms with Crippen molar-refractivity contribution in [2.24, 2.45) is 0 Å². The SMILES string of the molecule is COC(=O)c1cc(C=O)cc(Cl)c1Br. The van der Waals surface area contributed by atoms with Gasteiger partial charge in [0.05, 0.1) is 22.2 Å². The van der Waals surface area contributed by atoms with Crippen molar-refractivity contribution in [1.29, 1.82) is 0 Å². The minimum absolute atomic E-state index is 0.238. The minimum atomic E-state index is -0.539. The van der Waals surface area contributed by atoms with Gasteiger partial charge in [0.1, 0.15) is 6.29 Å². The van der Waals surface area contributed by atoms with E-state index in [4.69, 9.17) is 11.6 Å². The Hall–Kier alpha value is -0.870. The van der Waals surface area contributed by atoms with E-state index >= 15 is 0 Å². The Kier molecular flexibility index (Phi) is 3.66. The molecule has 3 nitrogen and oxygen atoms in total. The highest BCUT2D eigenvalue weighted by molar-refractivity contribution is 9.10. The average Bonchev–Trinajstić information content (AvgIpc) is 2.20. The van der Waals surface area contributed by atoms with Gasteiger partial charge >= 0.3 is 5.97 Å². The highest BCUT2D eigenvalue weighted by Gasteiger charge is 2.14.